The zero-order valence-electron chi connectivity index (χ0n) is 11.3. The van der Waals surface area contributed by atoms with Gasteiger partial charge in [-0.05, 0) is 81.1 Å². The van der Waals surface area contributed by atoms with Crippen LogP contribution in [-0.2, 0) is 0 Å². The zero-order chi connectivity index (χ0) is 12.2. The first-order chi connectivity index (χ1) is 8.76. The van der Waals surface area contributed by atoms with Crippen LogP contribution >= 0.6 is 0 Å². The van der Waals surface area contributed by atoms with Crippen LogP contribution < -0.4 is 0 Å². The summed E-state index contributed by atoms with van der Waals surface area (Å²) >= 11 is 0. The lowest BCUT2D eigenvalue weighted by Gasteiger charge is -2.58. The third-order valence-corrected chi connectivity index (χ3v) is 6.22. The first-order valence-corrected chi connectivity index (χ1v) is 7.90. The van der Waals surface area contributed by atoms with Crippen molar-refractivity contribution in [2.45, 2.75) is 57.4 Å². The quantitative estimate of drug-likeness (QED) is 0.746. The van der Waals surface area contributed by atoms with Gasteiger partial charge < -0.3 is 0 Å². The molecule has 98 valence electrons. The fourth-order valence-electron chi connectivity index (χ4n) is 6.08. The van der Waals surface area contributed by atoms with Gasteiger partial charge in [-0.1, -0.05) is 0 Å². The molecule has 1 saturated heterocycles. The third kappa shape index (κ3) is 1.71. The van der Waals surface area contributed by atoms with Crippen molar-refractivity contribution in [1.82, 2.24) is 4.90 Å². The molecule has 2 heteroatoms. The Morgan fingerprint density at radius 1 is 1.06 bits per heavy atom. The first kappa shape index (κ1) is 11.3. The van der Waals surface area contributed by atoms with Gasteiger partial charge in [-0.15, -0.1) is 0 Å². The molecule has 5 fully saturated rings. The molecule has 0 amide bonds. The topological polar surface area (TPSA) is 27.0 Å². The van der Waals surface area contributed by atoms with E-state index in [2.05, 4.69) is 11.0 Å². The number of nitriles is 1. The van der Waals surface area contributed by atoms with Gasteiger partial charge in [-0.2, -0.15) is 5.26 Å². The van der Waals surface area contributed by atoms with Crippen LogP contribution in [0.15, 0.2) is 0 Å². The van der Waals surface area contributed by atoms with E-state index in [4.69, 9.17) is 0 Å². The largest absolute Gasteiger partial charge is 0.288 e. The normalized spacial score (nSPS) is 50.6. The van der Waals surface area contributed by atoms with Crippen molar-refractivity contribution < 1.29 is 0 Å². The standard InChI is InChI=1S/C16H24N2/c17-10-15-2-1-3-18(15)11-16-7-12-4-13(8-16)6-14(5-12)9-16/h12-15H,1-9,11H2. The minimum absolute atomic E-state index is 0.234. The summed E-state index contributed by atoms with van der Waals surface area (Å²) in [5.41, 5.74) is 0.619. The van der Waals surface area contributed by atoms with Crippen LogP contribution in [0.1, 0.15) is 51.4 Å². The SMILES string of the molecule is N#CC1CCCN1CC12CC3CC(CC(C3)C1)C2. The molecule has 1 heterocycles. The number of rotatable bonds is 2. The molecule has 1 atom stereocenters. The van der Waals surface area contributed by atoms with Gasteiger partial charge in [0.2, 0.25) is 0 Å². The summed E-state index contributed by atoms with van der Waals surface area (Å²) in [6.45, 7) is 2.43. The molecule has 4 aliphatic carbocycles. The molecule has 0 N–H and O–H groups in total. The van der Waals surface area contributed by atoms with Crippen LogP contribution in [0.4, 0.5) is 0 Å². The maximum atomic E-state index is 9.26. The second-order valence-corrected chi connectivity index (χ2v) is 7.68. The molecular weight excluding hydrogens is 220 g/mol. The Hall–Kier alpha value is -0.550. The monoisotopic (exact) mass is 244 g/mol. The van der Waals surface area contributed by atoms with Crippen LogP contribution in [0.5, 0.6) is 0 Å². The molecule has 5 rings (SSSR count). The number of hydrogen-bond acceptors (Lipinski definition) is 2. The lowest BCUT2D eigenvalue weighted by atomic mass is 9.49. The van der Waals surface area contributed by atoms with Gasteiger partial charge in [-0.25, -0.2) is 0 Å². The molecule has 0 radical (unpaired) electrons. The maximum absolute atomic E-state index is 9.26. The van der Waals surface area contributed by atoms with E-state index in [1.165, 1.54) is 58.0 Å². The lowest BCUT2D eigenvalue weighted by molar-refractivity contribution is -0.0686. The lowest BCUT2D eigenvalue weighted by Crippen LogP contribution is -2.51. The van der Waals surface area contributed by atoms with Gasteiger partial charge in [0.1, 0.15) is 0 Å². The van der Waals surface area contributed by atoms with E-state index in [0.29, 0.717) is 5.41 Å². The summed E-state index contributed by atoms with van der Waals surface area (Å²) in [6.07, 6.45) is 11.4. The fraction of sp³-hybridized carbons (Fsp3) is 0.938. The Bertz CT molecular complexity index is 346. The molecule has 0 aromatic rings. The number of hydrogen-bond donors (Lipinski definition) is 0. The highest BCUT2D eigenvalue weighted by atomic mass is 15.2. The van der Waals surface area contributed by atoms with E-state index >= 15 is 0 Å². The van der Waals surface area contributed by atoms with Crippen molar-refractivity contribution >= 4 is 0 Å². The summed E-state index contributed by atoms with van der Waals surface area (Å²) in [7, 11) is 0. The Balaban J connectivity index is 1.52. The molecule has 0 aromatic carbocycles. The van der Waals surface area contributed by atoms with Gasteiger partial charge in [0.05, 0.1) is 12.1 Å². The van der Waals surface area contributed by atoms with Crippen molar-refractivity contribution in [1.29, 1.82) is 5.26 Å². The molecule has 18 heavy (non-hydrogen) atoms. The predicted molar refractivity (Wildman–Crippen MR) is 70.8 cm³/mol. The van der Waals surface area contributed by atoms with Gasteiger partial charge in [-0.3, -0.25) is 4.90 Å². The van der Waals surface area contributed by atoms with Crippen molar-refractivity contribution in [2.75, 3.05) is 13.1 Å². The molecule has 0 aromatic heterocycles. The smallest absolute Gasteiger partial charge is 0.0978 e. The van der Waals surface area contributed by atoms with E-state index < -0.39 is 0 Å². The zero-order valence-corrected chi connectivity index (χ0v) is 11.3. The van der Waals surface area contributed by atoms with Crippen LogP contribution in [0.3, 0.4) is 0 Å². The minimum Gasteiger partial charge on any atom is -0.288 e. The van der Waals surface area contributed by atoms with Crippen molar-refractivity contribution in [2.24, 2.45) is 23.2 Å². The first-order valence-electron chi connectivity index (χ1n) is 7.90. The number of nitrogens with zero attached hydrogens (tertiary/aromatic N) is 2. The van der Waals surface area contributed by atoms with Crippen molar-refractivity contribution in [3.05, 3.63) is 0 Å². The summed E-state index contributed by atoms with van der Waals surface area (Å²) in [6, 6.07) is 2.76. The van der Waals surface area contributed by atoms with Crippen LogP contribution in [0, 0.1) is 34.5 Å². The van der Waals surface area contributed by atoms with E-state index in [1.54, 1.807) is 0 Å². The summed E-state index contributed by atoms with van der Waals surface area (Å²) in [4.78, 5) is 2.52. The molecule has 5 aliphatic rings. The summed E-state index contributed by atoms with van der Waals surface area (Å²) in [5, 5.41) is 9.26. The Kier molecular flexibility index (Phi) is 2.49. The fourth-order valence-corrected chi connectivity index (χ4v) is 6.08. The highest BCUT2D eigenvalue weighted by Crippen LogP contribution is 2.60. The second-order valence-electron chi connectivity index (χ2n) is 7.68. The molecule has 2 nitrogen and oxygen atoms in total. The molecule has 0 spiro atoms. The van der Waals surface area contributed by atoms with E-state index in [0.717, 1.165) is 24.2 Å². The summed E-state index contributed by atoms with van der Waals surface area (Å²) < 4.78 is 0. The highest BCUT2D eigenvalue weighted by Gasteiger charge is 2.51. The van der Waals surface area contributed by atoms with Crippen LogP contribution in [-0.4, -0.2) is 24.0 Å². The summed E-state index contributed by atoms with van der Waals surface area (Å²) in [5.74, 6) is 3.12. The molecule has 4 saturated carbocycles. The third-order valence-electron chi connectivity index (χ3n) is 6.22. The average molecular weight is 244 g/mol. The van der Waals surface area contributed by atoms with Gasteiger partial charge >= 0.3 is 0 Å². The van der Waals surface area contributed by atoms with Gasteiger partial charge in [0, 0.05) is 6.54 Å². The molecule has 1 aliphatic heterocycles. The van der Waals surface area contributed by atoms with Crippen LogP contribution in [0.25, 0.3) is 0 Å². The van der Waals surface area contributed by atoms with Crippen LogP contribution in [0.2, 0.25) is 0 Å². The second kappa shape index (κ2) is 3.97. The van der Waals surface area contributed by atoms with Gasteiger partial charge in [0.15, 0.2) is 0 Å². The predicted octanol–water partition coefficient (Wildman–Crippen LogP) is 3.19. The number of likely N-dealkylation sites (tertiary alicyclic amines) is 1. The Morgan fingerprint density at radius 2 is 1.67 bits per heavy atom. The molecular formula is C16H24N2. The maximum Gasteiger partial charge on any atom is 0.0978 e. The van der Waals surface area contributed by atoms with Gasteiger partial charge in [0.25, 0.3) is 0 Å². The Labute approximate surface area is 110 Å². The van der Waals surface area contributed by atoms with E-state index in [-0.39, 0.29) is 6.04 Å². The minimum atomic E-state index is 0.234. The highest BCUT2D eigenvalue weighted by molar-refractivity contribution is 5.05. The Morgan fingerprint density at radius 3 is 2.22 bits per heavy atom. The van der Waals surface area contributed by atoms with E-state index in [1.807, 2.05) is 0 Å². The molecule has 1 unspecified atom stereocenters. The molecule has 4 bridgehead atoms. The van der Waals surface area contributed by atoms with Crippen molar-refractivity contribution in [3.8, 4) is 6.07 Å². The van der Waals surface area contributed by atoms with E-state index in [9.17, 15) is 5.26 Å². The van der Waals surface area contributed by atoms with Crippen molar-refractivity contribution in [3.63, 3.8) is 0 Å². The average Bonchev–Trinajstić information content (AvgIpc) is 2.73.